The molecule has 1 aliphatic carbocycles. The minimum atomic E-state index is -1.42. The molecule has 2 aromatic rings. The second kappa shape index (κ2) is 6.32. The SMILES string of the molecule is COc1ccc(C(=O)[C@@H]2C(=O)c3cccc(NC(C)=O)c3C2=O)cc1. The van der Waals surface area contributed by atoms with Crippen LogP contribution in [0.15, 0.2) is 42.5 Å². The van der Waals surface area contributed by atoms with E-state index in [-0.39, 0.29) is 28.3 Å². The summed E-state index contributed by atoms with van der Waals surface area (Å²) in [7, 11) is 1.50. The lowest BCUT2D eigenvalue weighted by atomic mass is 9.93. The molecule has 6 nitrogen and oxygen atoms in total. The molecule has 0 aromatic heterocycles. The first kappa shape index (κ1) is 16.6. The highest BCUT2D eigenvalue weighted by molar-refractivity contribution is 6.39. The topological polar surface area (TPSA) is 89.5 Å². The smallest absolute Gasteiger partial charge is 0.221 e. The minimum absolute atomic E-state index is 0.0922. The number of nitrogens with one attached hydrogen (secondary N) is 1. The van der Waals surface area contributed by atoms with Gasteiger partial charge < -0.3 is 10.1 Å². The fourth-order valence-electron chi connectivity index (χ4n) is 2.90. The van der Waals surface area contributed by atoms with Crippen molar-refractivity contribution in [2.75, 3.05) is 12.4 Å². The Morgan fingerprint density at radius 1 is 1.00 bits per heavy atom. The van der Waals surface area contributed by atoms with Crippen molar-refractivity contribution in [2.24, 2.45) is 5.92 Å². The van der Waals surface area contributed by atoms with Crippen molar-refractivity contribution in [1.82, 2.24) is 0 Å². The highest BCUT2D eigenvalue weighted by Crippen LogP contribution is 2.34. The molecule has 1 amide bonds. The second-order valence-electron chi connectivity index (χ2n) is 5.66. The molecule has 0 unspecified atom stereocenters. The third-order valence-corrected chi connectivity index (χ3v) is 4.05. The Balaban J connectivity index is 1.99. The Morgan fingerprint density at radius 2 is 1.68 bits per heavy atom. The molecule has 3 rings (SSSR count). The molecule has 0 bridgehead atoms. The first-order valence-corrected chi connectivity index (χ1v) is 7.61. The van der Waals surface area contributed by atoms with Gasteiger partial charge >= 0.3 is 0 Å². The van der Waals surface area contributed by atoms with Crippen molar-refractivity contribution in [1.29, 1.82) is 0 Å². The van der Waals surface area contributed by atoms with E-state index in [9.17, 15) is 19.2 Å². The fraction of sp³-hybridized carbons (Fsp3) is 0.158. The summed E-state index contributed by atoms with van der Waals surface area (Å²) in [6.07, 6.45) is 0. The zero-order chi connectivity index (χ0) is 18.1. The maximum atomic E-state index is 12.7. The maximum absolute atomic E-state index is 12.7. The summed E-state index contributed by atoms with van der Waals surface area (Å²) < 4.78 is 5.03. The Kier molecular flexibility index (Phi) is 4.19. The molecule has 0 saturated carbocycles. The number of ketones is 3. The normalized spacial score (nSPS) is 15.7. The van der Waals surface area contributed by atoms with E-state index in [0.717, 1.165) is 0 Å². The molecule has 1 N–H and O–H groups in total. The predicted molar refractivity (Wildman–Crippen MR) is 90.2 cm³/mol. The molecule has 0 fully saturated rings. The standard InChI is InChI=1S/C19H15NO5/c1-10(21)20-14-5-3-4-13-15(14)19(24)16(18(13)23)17(22)11-6-8-12(25-2)9-7-11/h3-9,16H,1-2H3,(H,20,21)/t16-/m1/s1. The average molecular weight is 337 g/mol. The number of fused-ring (bicyclic) bond motifs is 1. The fourth-order valence-corrected chi connectivity index (χ4v) is 2.90. The number of carbonyl (C=O) groups excluding carboxylic acids is 4. The molecule has 0 saturated heterocycles. The quantitative estimate of drug-likeness (QED) is 0.684. The van der Waals surface area contributed by atoms with Crippen molar-refractivity contribution in [3.05, 3.63) is 59.2 Å². The molecule has 1 aliphatic rings. The summed E-state index contributed by atoms with van der Waals surface area (Å²) in [4.78, 5) is 49.3. The lowest BCUT2D eigenvalue weighted by molar-refractivity contribution is -0.114. The highest BCUT2D eigenvalue weighted by Gasteiger charge is 2.44. The van der Waals surface area contributed by atoms with E-state index in [2.05, 4.69) is 5.32 Å². The van der Waals surface area contributed by atoms with Gasteiger partial charge in [-0.3, -0.25) is 19.2 Å². The third-order valence-electron chi connectivity index (χ3n) is 4.05. The zero-order valence-corrected chi connectivity index (χ0v) is 13.7. The lowest BCUT2D eigenvalue weighted by Crippen LogP contribution is -2.25. The van der Waals surface area contributed by atoms with Gasteiger partial charge in [0, 0.05) is 18.1 Å². The van der Waals surface area contributed by atoms with Crippen molar-refractivity contribution in [2.45, 2.75) is 6.92 Å². The molecule has 1 atom stereocenters. The predicted octanol–water partition coefficient (Wildman–Crippen LogP) is 2.53. The lowest BCUT2D eigenvalue weighted by Gasteiger charge is -2.08. The van der Waals surface area contributed by atoms with Crippen molar-refractivity contribution >= 4 is 28.9 Å². The van der Waals surface area contributed by atoms with Crippen LogP contribution in [0.25, 0.3) is 0 Å². The summed E-state index contributed by atoms with van der Waals surface area (Å²) in [5.41, 5.74) is 0.743. The van der Waals surface area contributed by atoms with E-state index in [4.69, 9.17) is 4.74 Å². The van der Waals surface area contributed by atoms with Crippen LogP contribution in [-0.4, -0.2) is 30.4 Å². The van der Waals surface area contributed by atoms with Gasteiger partial charge in [-0.1, -0.05) is 12.1 Å². The van der Waals surface area contributed by atoms with Crippen molar-refractivity contribution in [3.63, 3.8) is 0 Å². The van der Waals surface area contributed by atoms with Crippen LogP contribution in [0.1, 0.15) is 38.0 Å². The van der Waals surface area contributed by atoms with Crippen LogP contribution in [0.5, 0.6) is 5.75 Å². The number of methoxy groups -OCH3 is 1. The number of Topliss-reactive ketones (excluding diaryl/α,β-unsaturated/α-hetero) is 3. The molecule has 2 aromatic carbocycles. The number of anilines is 1. The van der Waals surface area contributed by atoms with Crippen molar-refractivity contribution < 1.29 is 23.9 Å². The molecule has 25 heavy (non-hydrogen) atoms. The first-order valence-electron chi connectivity index (χ1n) is 7.61. The van der Waals surface area contributed by atoms with E-state index in [1.165, 1.54) is 38.3 Å². The largest absolute Gasteiger partial charge is 0.497 e. The van der Waals surface area contributed by atoms with E-state index in [1.54, 1.807) is 18.2 Å². The Morgan fingerprint density at radius 3 is 2.28 bits per heavy atom. The summed E-state index contributed by atoms with van der Waals surface area (Å²) in [6.45, 7) is 1.31. The van der Waals surface area contributed by atoms with E-state index in [1.807, 2.05) is 0 Å². The van der Waals surface area contributed by atoms with Gasteiger partial charge in [-0.05, 0) is 30.3 Å². The summed E-state index contributed by atoms with van der Waals surface area (Å²) in [6, 6.07) is 10.8. The summed E-state index contributed by atoms with van der Waals surface area (Å²) in [5, 5.41) is 2.53. The number of ether oxygens (including phenoxy) is 1. The molecular formula is C19H15NO5. The maximum Gasteiger partial charge on any atom is 0.221 e. The monoisotopic (exact) mass is 337 g/mol. The van der Waals surface area contributed by atoms with Crippen LogP contribution < -0.4 is 10.1 Å². The number of amides is 1. The van der Waals surface area contributed by atoms with Gasteiger partial charge in [0.15, 0.2) is 17.3 Å². The van der Waals surface area contributed by atoms with Gasteiger partial charge in [-0.15, -0.1) is 0 Å². The molecule has 126 valence electrons. The number of rotatable bonds is 4. The summed E-state index contributed by atoms with van der Waals surface area (Å²) in [5.74, 6) is -2.92. The summed E-state index contributed by atoms with van der Waals surface area (Å²) >= 11 is 0. The average Bonchev–Trinajstić information content (AvgIpc) is 2.86. The third kappa shape index (κ3) is 2.82. The van der Waals surface area contributed by atoms with Crippen LogP contribution in [0.2, 0.25) is 0 Å². The molecular weight excluding hydrogens is 322 g/mol. The number of hydrogen-bond acceptors (Lipinski definition) is 5. The molecule has 0 radical (unpaired) electrons. The number of carbonyl (C=O) groups is 4. The number of hydrogen-bond donors (Lipinski definition) is 1. The van der Waals surface area contributed by atoms with Crippen LogP contribution >= 0.6 is 0 Å². The first-order chi connectivity index (χ1) is 11.9. The van der Waals surface area contributed by atoms with E-state index >= 15 is 0 Å². The van der Waals surface area contributed by atoms with Gasteiger partial charge in [0.05, 0.1) is 18.4 Å². The van der Waals surface area contributed by atoms with Gasteiger partial charge in [0.1, 0.15) is 11.7 Å². The van der Waals surface area contributed by atoms with Gasteiger partial charge in [-0.25, -0.2) is 0 Å². The molecule has 0 aliphatic heterocycles. The minimum Gasteiger partial charge on any atom is -0.497 e. The second-order valence-corrected chi connectivity index (χ2v) is 5.66. The van der Waals surface area contributed by atoms with Gasteiger partial charge in [0.2, 0.25) is 5.91 Å². The molecule has 0 spiro atoms. The van der Waals surface area contributed by atoms with Crippen LogP contribution in [-0.2, 0) is 4.79 Å². The molecule has 6 heteroatoms. The van der Waals surface area contributed by atoms with Gasteiger partial charge in [0.25, 0.3) is 0 Å². The molecule has 0 heterocycles. The Bertz CT molecular complexity index is 899. The van der Waals surface area contributed by atoms with E-state index in [0.29, 0.717) is 5.75 Å². The van der Waals surface area contributed by atoms with Crippen LogP contribution in [0, 0.1) is 5.92 Å². The van der Waals surface area contributed by atoms with Gasteiger partial charge in [-0.2, -0.15) is 0 Å². The zero-order valence-electron chi connectivity index (χ0n) is 13.7. The highest BCUT2D eigenvalue weighted by atomic mass is 16.5. The number of benzene rings is 2. The van der Waals surface area contributed by atoms with Crippen LogP contribution in [0.4, 0.5) is 5.69 Å². The Hall–Kier alpha value is -3.28. The van der Waals surface area contributed by atoms with E-state index < -0.39 is 23.3 Å². The van der Waals surface area contributed by atoms with Crippen LogP contribution in [0.3, 0.4) is 0 Å². The van der Waals surface area contributed by atoms with Crippen molar-refractivity contribution in [3.8, 4) is 5.75 Å². The Labute approximate surface area is 143 Å².